The van der Waals surface area contributed by atoms with E-state index >= 15 is 0 Å². The zero-order valence-corrected chi connectivity index (χ0v) is 11.3. The molecule has 7 nitrogen and oxygen atoms in total. The molecule has 1 aromatic carbocycles. The van der Waals surface area contributed by atoms with Crippen LogP contribution in [-0.2, 0) is 6.42 Å². The standard InChI is InChI=1S/C14H12N4O3/c1-21-12-5-3-2-4-10(12)8-13-15-14-7-6-11(18(19)20)9-17(14)16-13/h2-7,9H,8H2,1H3. The van der Waals surface area contributed by atoms with E-state index in [0.717, 1.165) is 11.3 Å². The molecule has 0 fully saturated rings. The molecule has 0 aliphatic rings. The lowest BCUT2D eigenvalue weighted by atomic mass is 10.1. The summed E-state index contributed by atoms with van der Waals surface area (Å²) in [7, 11) is 1.61. The zero-order valence-electron chi connectivity index (χ0n) is 11.3. The van der Waals surface area contributed by atoms with Gasteiger partial charge in [-0.2, -0.15) is 5.10 Å². The summed E-state index contributed by atoms with van der Waals surface area (Å²) >= 11 is 0. The van der Waals surface area contributed by atoms with Gasteiger partial charge in [-0.05, 0) is 12.1 Å². The fraction of sp³-hybridized carbons (Fsp3) is 0.143. The lowest BCUT2D eigenvalue weighted by molar-refractivity contribution is -0.385. The summed E-state index contributed by atoms with van der Waals surface area (Å²) in [5.74, 6) is 1.35. The molecule has 106 valence electrons. The summed E-state index contributed by atoms with van der Waals surface area (Å²) in [6, 6.07) is 10.6. The van der Waals surface area contributed by atoms with Gasteiger partial charge < -0.3 is 4.74 Å². The van der Waals surface area contributed by atoms with Crippen LogP contribution in [0.1, 0.15) is 11.4 Å². The number of fused-ring (bicyclic) bond motifs is 1. The van der Waals surface area contributed by atoms with Gasteiger partial charge in [-0.3, -0.25) is 10.1 Å². The van der Waals surface area contributed by atoms with Crippen LogP contribution in [-0.4, -0.2) is 26.6 Å². The van der Waals surface area contributed by atoms with E-state index in [2.05, 4.69) is 10.1 Å². The Labute approximate surface area is 120 Å². The summed E-state index contributed by atoms with van der Waals surface area (Å²) in [6.45, 7) is 0. The topological polar surface area (TPSA) is 82.6 Å². The second-order valence-corrected chi connectivity index (χ2v) is 4.46. The molecule has 0 saturated carbocycles. The van der Waals surface area contributed by atoms with Crippen molar-refractivity contribution in [3.63, 3.8) is 0 Å². The summed E-state index contributed by atoms with van der Waals surface area (Å²) in [4.78, 5) is 14.7. The Balaban J connectivity index is 1.96. The van der Waals surface area contributed by atoms with Crippen LogP contribution in [0.15, 0.2) is 42.6 Å². The van der Waals surface area contributed by atoms with E-state index < -0.39 is 4.92 Å². The minimum atomic E-state index is -0.457. The monoisotopic (exact) mass is 284 g/mol. The smallest absolute Gasteiger partial charge is 0.287 e. The molecule has 0 atom stereocenters. The maximum atomic E-state index is 10.8. The predicted molar refractivity (Wildman–Crippen MR) is 75.4 cm³/mol. The van der Waals surface area contributed by atoms with E-state index in [-0.39, 0.29) is 5.69 Å². The van der Waals surface area contributed by atoms with Crippen molar-refractivity contribution in [3.8, 4) is 5.75 Å². The van der Waals surface area contributed by atoms with Crippen molar-refractivity contribution >= 4 is 11.3 Å². The number of hydrogen-bond acceptors (Lipinski definition) is 5. The molecule has 0 amide bonds. The molecule has 0 N–H and O–H groups in total. The maximum absolute atomic E-state index is 10.8. The third kappa shape index (κ3) is 2.53. The van der Waals surface area contributed by atoms with Gasteiger partial charge in [0.2, 0.25) is 0 Å². The largest absolute Gasteiger partial charge is 0.496 e. The Morgan fingerprint density at radius 1 is 1.29 bits per heavy atom. The number of hydrogen-bond donors (Lipinski definition) is 0. The SMILES string of the molecule is COc1ccccc1Cc1nc2ccc([N+](=O)[O-])cn2n1. The van der Waals surface area contributed by atoms with Crippen molar-refractivity contribution in [3.05, 3.63) is 64.1 Å². The fourth-order valence-corrected chi connectivity index (χ4v) is 2.12. The maximum Gasteiger partial charge on any atom is 0.287 e. The van der Waals surface area contributed by atoms with Crippen LogP contribution in [0.5, 0.6) is 5.75 Å². The average Bonchev–Trinajstić information content (AvgIpc) is 2.89. The number of rotatable bonds is 4. The Morgan fingerprint density at radius 3 is 2.86 bits per heavy atom. The first-order valence-corrected chi connectivity index (χ1v) is 6.29. The van der Waals surface area contributed by atoms with E-state index in [9.17, 15) is 10.1 Å². The molecule has 0 aliphatic heterocycles. The average molecular weight is 284 g/mol. The van der Waals surface area contributed by atoms with Crippen LogP contribution < -0.4 is 4.74 Å². The van der Waals surface area contributed by atoms with Gasteiger partial charge >= 0.3 is 0 Å². The highest BCUT2D eigenvalue weighted by molar-refractivity contribution is 5.44. The molecule has 0 saturated heterocycles. The number of methoxy groups -OCH3 is 1. The number of aromatic nitrogens is 3. The molecule has 7 heteroatoms. The normalized spacial score (nSPS) is 10.7. The number of ether oxygens (including phenoxy) is 1. The lowest BCUT2D eigenvalue weighted by Crippen LogP contribution is -1.96. The van der Waals surface area contributed by atoms with Gasteiger partial charge in [-0.15, -0.1) is 0 Å². The van der Waals surface area contributed by atoms with Gasteiger partial charge in [0.05, 0.1) is 12.0 Å². The highest BCUT2D eigenvalue weighted by Gasteiger charge is 2.11. The van der Waals surface area contributed by atoms with E-state index in [1.54, 1.807) is 13.2 Å². The fourth-order valence-electron chi connectivity index (χ4n) is 2.12. The molecule has 0 spiro atoms. The van der Waals surface area contributed by atoms with Gasteiger partial charge in [0.1, 0.15) is 11.9 Å². The van der Waals surface area contributed by atoms with Crippen molar-refractivity contribution in [2.24, 2.45) is 0 Å². The summed E-state index contributed by atoms with van der Waals surface area (Å²) in [5.41, 5.74) is 1.52. The molecule has 2 aromatic heterocycles. The molecule has 0 bridgehead atoms. The van der Waals surface area contributed by atoms with Crippen LogP contribution in [0.4, 0.5) is 5.69 Å². The Morgan fingerprint density at radius 2 is 2.10 bits per heavy atom. The van der Waals surface area contributed by atoms with Crippen LogP contribution in [0.2, 0.25) is 0 Å². The summed E-state index contributed by atoms with van der Waals surface area (Å²) in [5, 5.41) is 15.0. The number of benzene rings is 1. The predicted octanol–water partition coefficient (Wildman–Crippen LogP) is 2.24. The first-order valence-electron chi connectivity index (χ1n) is 6.29. The van der Waals surface area contributed by atoms with E-state index in [0.29, 0.717) is 17.9 Å². The first kappa shape index (κ1) is 13.0. The molecule has 0 radical (unpaired) electrons. The van der Waals surface area contributed by atoms with Crippen molar-refractivity contribution in [2.45, 2.75) is 6.42 Å². The molecular weight excluding hydrogens is 272 g/mol. The quantitative estimate of drug-likeness (QED) is 0.542. The lowest BCUT2D eigenvalue weighted by Gasteiger charge is -2.05. The van der Waals surface area contributed by atoms with Crippen LogP contribution in [0, 0.1) is 10.1 Å². The second kappa shape index (κ2) is 5.20. The van der Waals surface area contributed by atoms with Crippen LogP contribution >= 0.6 is 0 Å². The van der Waals surface area contributed by atoms with Crippen molar-refractivity contribution < 1.29 is 9.66 Å². The molecule has 0 unspecified atom stereocenters. The third-order valence-electron chi connectivity index (χ3n) is 3.11. The molecule has 0 aliphatic carbocycles. The highest BCUT2D eigenvalue weighted by atomic mass is 16.6. The summed E-state index contributed by atoms with van der Waals surface area (Å²) in [6.07, 6.45) is 1.85. The van der Waals surface area contributed by atoms with Gasteiger partial charge in [0, 0.05) is 18.1 Å². The van der Waals surface area contributed by atoms with Crippen LogP contribution in [0.25, 0.3) is 5.65 Å². The van der Waals surface area contributed by atoms with Crippen molar-refractivity contribution in [1.82, 2.24) is 14.6 Å². The van der Waals surface area contributed by atoms with E-state index in [1.165, 1.54) is 16.8 Å². The second-order valence-electron chi connectivity index (χ2n) is 4.46. The minimum Gasteiger partial charge on any atom is -0.496 e. The number of nitrogens with zero attached hydrogens (tertiary/aromatic N) is 4. The van der Waals surface area contributed by atoms with E-state index in [4.69, 9.17) is 4.74 Å². The van der Waals surface area contributed by atoms with Crippen molar-refractivity contribution in [1.29, 1.82) is 0 Å². The Hall–Kier alpha value is -2.96. The van der Waals surface area contributed by atoms with Gasteiger partial charge in [0.15, 0.2) is 11.5 Å². The zero-order chi connectivity index (χ0) is 14.8. The molecule has 21 heavy (non-hydrogen) atoms. The molecule has 3 rings (SSSR count). The van der Waals surface area contributed by atoms with E-state index in [1.807, 2.05) is 24.3 Å². The summed E-state index contributed by atoms with van der Waals surface area (Å²) < 4.78 is 6.71. The Bertz CT molecular complexity index is 813. The first-order chi connectivity index (χ1) is 10.2. The van der Waals surface area contributed by atoms with Gasteiger partial charge in [-0.25, -0.2) is 9.50 Å². The third-order valence-corrected chi connectivity index (χ3v) is 3.11. The number of pyridine rings is 1. The molecule has 3 aromatic rings. The number of para-hydroxylation sites is 1. The highest BCUT2D eigenvalue weighted by Crippen LogP contribution is 2.20. The molecular formula is C14H12N4O3. The van der Waals surface area contributed by atoms with Crippen LogP contribution in [0.3, 0.4) is 0 Å². The Kier molecular flexibility index (Phi) is 3.23. The van der Waals surface area contributed by atoms with Gasteiger partial charge in [0.25, 0.3) is 5.69 Å². The number of nitro groups is 1. The minimum absolute atomic E-state index is 0.0174. The molecule has 2 heterocycles. The van der Waals surface area contributed by atoms with Crippen molar-refractivity contribution in [2.75, 3.05) is 7.11 Å². The van der Waals surface area contributed by atoms with Gasteiger partial charge in [-0.1, -0.05) is 18.2 Å².